The molecule has 0 aliphatic heterocycles. The van der Waals surface area contributed by atoms with Crippen molar-refractivity contribution in [3.8, 4) is 0 Å². The van der Waals surface area contributed by atoms with Crippen LogP contribution >= 0.6 is 0 Å². The average Bonchev–Trinajstić information content (AvgIpc) is 2.00. The summed E-state index contributed by atoms with van der Waals surface area (Å²) in [5, 5.41) is 25.8. The number of aliphatic hydroxyl groups excluding tert-OH is 3. The molecule has 2 unspecified atom stereocenters. The van der Waals surface area contributed by atoms with Gasteiger partial charge in [-0.15, -0.1) is 6.58 Å². The predicted molar refractivity (Wildman–Crippen MR) is 44.4 cm³/mol. The normalized spacial score (nSPS) is 13.1. The molecule has 0 radical (unpaired) electrons. The zero-order valence-electron chi connectivity index (χ0n) is 9.24. The Morgan fingerprint density at radius 3 is 1.69 bits per heavy atom. The molecule has 7 nitrogen and oxygen atoms in total. The van der Waals surface area contributed by atoms with Gasteiger partial charge in [0, 0.05) is 10.4 Å². The first-order valence-corrected chi connectivity index (χ1v) is 4.80. The van der Waals surface area contributed by atoms with Crippen molar-refractivity contribution in [1.29, 1.82) is 0 Å². The molecule has 0 amide bonds. The van der Waals surface area contributed by atoms with E-state index in [4.69, 9.17) is 32.8 Å². The third-order valence-corrected chi connectivity index (χ3v) is 1.04. The Morgan fingerprint density at radius 1 is 1.19 bits per heavy atom. The van der Waals surface area contributed by atoms with Gasteiger partial charge in [-0.25, -0.2) is 0 Å². The van der Waals surface area contributed by atoms with Gasteiger partial charge < -0.3 is 24.4 Å². The van der Waals surface area contributed by atoms with Crippen LogP contribution in [0.1, 0.15) is 6.42 Å². The second kappa shape index (κ2) is 14.6. The minimum absolute atomic E-state index is 0. The molecule has 0 bridgehead atoms. The molecule has 3 N–H and O–H groups in total. The van der Waals surface area contributed by atoms with Gasteiger partial charge in [0.25, 0.3) is 0 Å². The molecule has 0 saturated carbocycles. The number of aliphatic hydroxyl groups is 3. The first-order chi connectivity index (χ1) is 6.22. The van der Waals surface area contributed by atoms with Gasteiger partial charge in [-0.05, 0) is 6.42 Å². The van der Waals surface area contributed by atoms with Gasteiger partial charge in [0.1, 0.15) is 6.10 Å². The maximum Gasteiger partial charge on any atom is 1.00 e. The Bertz CT molecular complexity index is 235. The summed E-state index contributed by atoms with van der Waals surface area (Å²) in [6, 6.07) is 0. The predicted octanol–water partition coefficient (Wildman–Crippen LogP) is -8.05. The van der Waals surface area contributed by atoms with E-state index in [0.29, 0.717) is 6.42 Å². The Kier molecular flexibility index (Phi) is 23.8. The SMILES string of the molecule is C=CCC(O)C(O)CO.O=S(=O)([O-])[O-].[Na+].[Na+]. The second-order valence-corrected chi connectivity index (χ2v) is 3.07. The van der Waals surface area contributed by atoms with Crippen LogP contribution in [0.5, 0.6) is 0 Å². The van der Waals surface area contributed by atoms with E-state index in [1.54, 1.807) is 0 Å². The zero-order valence-corrected chi connectivity index (χ0v) is 14.1. The summed E-state index contributed by atoms with van der Waals surface area (Å²) in [4.78, 5) is 0. The van der Waals surface area contributed by atoms with E-state index in [0.717, 1.165) is 0 Å². The Labute approximate surface area is 139 Å². The van der Waals surface area contributed by atoms with Crippen molar-refractivity contribution in [2.75, 3.05) is 6.61 Å². The molecule has 0 fully saturated rings. The topological polar surface area (TPSA) is 141 Å². The minimum Gasteiger partial charge on any atom is -0.759 e. The number of hydrogen-bond acceptors (Lipinski definition) is 7. The molecule has 0 rings (SSSR count). The Morgan fingerprint density at radius 2 is 1.50 bits per heavy atom. The van der Waals surface area contributed by atoms with Crippen molar-refractivity contribution in [3.05, 3.63) is 12.7 Å². The summed E-state index contributed by atoms with van der Waals surface area (Å²) in [6.45, 7) is 2.96. The third-order valence-electron chi connectivity index (χ3n) is 1.04. The quantitative estimate of drug-likeness (QED) is 0.200. The molecule has 0 spiro atoms. The maximum absolute atomic E-state index is 8.84. The molecule has 0 aromatic rings. The smallest absolute Gasteiger partial charge is 0.759 e. The molecule has 16 heavy (non-hydrogen) atoms. The van der Waals surface area contributed by atoms with Gasteiger partial charge in [0.15, 0.2) is 0 Å². The van der Waals surface area contributed by atoms with Crippen LogP contribution in [0.2, 0.25) is 0 Å². The van der Waals surface area contributed by atoms with E-state index in [9.17, 15) is 0 Å². The fraction of sp³-hybridized carbons (Fsp3) is 0.667. The van der Waals surface area contributed by atoms with E-state index >= 15 is 0 Å². The average molecular weight is 274 g/mol. The molecule has 0 aromatic carbocycles. The summed E-state index contributed by atoms with van der Waals surface area (Å²) >= 11 is 0. The van der Waals surface area contributed by atoms with E-state index in [1.165, 1.54) is 6.08 Å². The van der Waals surface area contributed by atoms with Crippen molar-refractivity contribution < 1.29 is 92.0 Å². The van der Waals surface area contributed by atoms with E-state index in [1.807, 2.05) is 0 Å². The van der Waals surface area contributed by atoms with Crippen LogP contribution in [0, 0.1) is 0 Å². The van der Waals surface area contributed by atoms with Gasteiger partial charge in [0.05, 0.1) is 12.7 Å². The third kappa shape index (κ3) is 29.6. The standard InChI is InChI=1S/C6H12O3.2Na.H2O4S/c1-2-3-5(8)6(9)4-7;;;1-5(2,3)4/h2,5-9H,1,3-4H2;;;(H2,1,2,3,4)/q;2*+1;/p-2. The molecule has 0 heterocycles. The molecule has 2 atom stereocenters. The summed E-state index contributed by atoms with van der Waals surface area (Å²) in [5.41, 5.74) is 0. The van der Waals surface area contributed by atoms with Crippen LogP contribution in [0.15, 0.2) is 12.7 Å². The van der Waals surface area contributed by atoms with Gasteiger partial charge in [-0.1, -0.05) is 6.08 Å². The van der Waals surface area contributed by atoms with Crippen molar-refractivity contribution >= 4 is 10.4 Å². The van der Waals surface area contributed by atoms with Gasteiger partial charge >= 0.3 is 59.1 Å². The number of rotatable bonds is 4. The summed E-state index contributed by atoms with van der Waals surface area (Å²) < 4.78 is 34.1. The first-order valence-electron chi connectivity index (χ1n) is 3.47. The van der Waals surface area contributed by atoms with Gasteiger partial charge in [-0.3, -0.25) is 8.42 Å². The Balaban J connectivity index is -0.0000000904. The summed E-state index contributed by atoms with van der Waals surface area (Å²) in [6.07, 6.45) is -0.124. The molecule has 0 aromatic heterocycles. The van der Waals surface area contributed by atoms with Crippen LogP contribution in [0.3, 0.4) is 0 Å². The molecular weight excluding hydrogens is 262 g/mol. The van der Waals surface area contributed by atoms with Gasteiger partial charge in [0.2, 0.25) is 0 Å². The Hall–Kier alpha value is 1.49. The minimum atomic E-state index is -5.17. The van der Waals surface area contributed by atoms with Gasteiger partial charge in [-0.2, -0.15) is 0 Å². The molecule has 10 heteroatoms. The van der Waals surface area contributed by atoms with E-state index < -0.39 is 29.2 Å². The summed E-state index contributed by atoms with van der Waals surface area (Å²) in [7, 11) is -5.17. The molecule has 86 valence electrons. The van der Waals surface area contributed by atoms with E-state index in [-0.39, 0.29) is 59.1 Å². The monoisotopic (exact) mass is 274 g/mol. The van der Waals surface area contributed by atoms with Crippen LogP contribution in [-0.2, 0) is 10.4 Å². The van der Waals surface area contributed by atoms with Crippen molar-refractivity contribution in [2.45, 2.75) is 18.6 Å². The largest absolute Gasteiger partial charge is 1.00 e. The summed E-state index contributed by atoms with van der Waals surface area (Å²) in [5.74, 6) is 0. The van der Waals surface area contributed by atoms with Crippen molar-refractivity contribution in [1.82, 2.24) is 0 Å². The van der Waals surface area contributed by atoms with Crippen LogP contribution in [-0.4, -0.2) is 51.7 Å². The van der Waals surface area contributed by atoms with Crippen LogP contribution in [0.4, 0.5) is 0 Å². The van der Waals surface area contributed by atoms with Crippen LogP contribution < -0.4 is 59.1 Å². The van der Waals surface area contributed by atoms with Crippen LogP contribution in [0.25, 0.3) is 0 Å². The molecule has 0 aliphatic rings. The molecule has 0 saturated heterocycles. The zero-order chi connectivity index (χ0) is 11.8. The van der Waals surface area contributed by atoms with Crippen molar-refractivity contribution in [3.63, 3.8) is 0 Å². The molecular formula is C6H12Na2O7S. The fourth-order valence-corrected chi connectivity index (χ4v) is 0.450. The maximum atomic E-state index is 8.84. The number of hydrogen-bond donors (Lipinski definition) is 3. The fourth-order valence-electron chi connectivity index (χ4n) is 0.450. The molecule has 0 aliphatic carbocycles. The second-order valence-electron chi connectivity index (χ2n) is 2.25. The van der Waals surface area contributed by atoms with E-state index in [2.05, 4.69) is 6.58 Å². The van der Waals surface area contributed by atoms with Crippen molar-refractivity contribution in [2.24, 2.45) is 0 Å². The first kappa shape index (κ1) is 26.1.